The Hall–Kier alpha value is -1.59. The fourth-order valence-corrected chi connectivity index (χ4v) is 2.92. The maximum absolute atomic E-state index is 12.6. The van der Waals surface area contributed by atoms with Crippen molar-refractivity contribution in [2.75, 3.05) is 18.7 Å². The summed E-state index contributed by atoms with van der Waals surface area (Å²) in [5, 5.41) is 0. The topological polar surface area (TPSA) is 64.8 Å². The van der Waals surface area contributed by atoms with Gasteiger partial charge in [0, 0.05) is 13.2 Å². The maximum atomic E-state index is 12.6. The van der Waals surface area contributed by atoms with Gasteiger partial charge >= 0.3 is 0 Å². The van der Waals surface area contributed by atoms with Crippen LogP contribution in [0.15, 0.2) is 18.2 Å². The average molecular weight is 304 g/mol. The SMILES string of the molecule is COCN1C(=O)C(C(C)C)Oc2ccc(C(N)C3CC3)cc21. The van der Waals surface area contributed by atoms with Gasteiger partial charge in [0.2, 0.25) is 0 Å². The summed E-state index contributed by atoms with van der Waals surface area (Å²) in [7, 11) is 1.59. The van der Waals surface area contributed by atoms with Crippen LogP contribution in [0.2, 0.25) is 0 Å². The number of carbonyl (C=O) groups is 1. The van der Waals surface area contributed by atoms with E-state index in [0.717, 1.165) is 17.0 Å². The minimum Gasteiger partial charge on any atom is -0.478 e. The number of anilines is 1. The van der Waals surface area contributed by atoms with Crippen molar-refractivity contribution in [3.63, 3.8) is 0 Å². The molecule has 2 aliphatic rings. The van der Waals surface area contributed by atoms with Crippen molar-refractivity contribution in [2.45, 2.75) is 38.8 Å². The summed E-state index contributed by atoms with van der Waals surface area (Å²) >= 11 is 0. The first-order valence-electron chi connectivity index (χ1n) is 7.89. The van der Waals surface area contributed by atoms with E-state index < -0.39 is 6.10 Å². The third-order valence-corrected chi connectivity index (χ3v) is 4.42. The summed E-state index contributed by atoms with van der Waals surface area (Å²) in [5.41, 5.74) is 8.11. The van der Waals surface area contributed by atoms with Crippen molar-refractivity contribution in [3.8, 4) is 5.75 Å². The van der Waals surface area contributed by atoms with Gasteiger partial charge in [0.15, 0.2) is 6.10 Å². The van der Waals surface area contributed by atoms with Crippen LogP contribution in [0, 0.1) is 11.8 Å². The second kappa shape index (κ2) is 5.89. The fourth-order valence-electron chi connectivity index (χ4n) is 2.92. The molecule has 5 nitrogen and oxygen atoms in total. The van der Waals surface area contributed by atoms with Crippen molar-refractivity contribution in [3.05, 3.63) is 23.8 Å². The molecule has 1 amide bonds. The molecule has 22 heavy (non-hydrogen) atoms. The van der Waals surface area contributed by atoms with E-state index in [1.807, 2.05) is 32.0 Å². The summed E-state index contributed by atoms with van der Waals surface area (Å²) in [6.07, 6.45) is 1.90. The molecule has 2 atom stereocenters. The quantitative estimate of drug-likeness (QED) is 0.907. The van der Waals surface area contributed by atoms with Crippen LogP contribution in [0.25, 0.3) is 0 Å². The Morgan fingerprint density at radius 3 is 2.73 bits per heavy atom. The Labute approximate surface area is 131 Å². The summed E-state index contributed by atoms with van der Waals surface area (Å²) in [4.78, 5) is 14.3. The number of hydrogen-bond acceptors (Lipinski definition) is 4. The second-order valence-corrected chi connectivity index (χ2v) is 6.56. The molecule has 0 aromatic heterocycles. The lowest BCUT2D eigenvalue weighted by atomic mass is 9.99. The van der Waals surface area contributed by atoms with Gasteiger partial charge in [-0.25, -0.2) is 0 Å². The van der Waals surface area contributed by atoms with Gasteiger partial charge in [-0.3, -0.25) is 9.69 Å². The zero-order valence-electron chi connectivity index (χ0n) is 13.4. The van der Waals surface area contributed by atoms with Crippen molar-refractivity contribution in [2.24, 2.45) is 17.6 Å². The number of benzene rings is 1. The Morgan fingerprint density at radius 2 is 2.14 bits per heavy atom. The molecule has 1 heterocycles. The maximum Gasteiger partial charge on any atom is 0.270 e. The van der Waals surface area contributed by atoms with Gasteiger partial charge in [0.1, 0.15) is 12.5 Å². The molecule has 1 aliphatic carbocycles. The second-order valence-electron chi connectivity index (χ2n) is 6.56. The molecule has 0 bridgehead atoms. The van der Waals surface area contributed by atoms with Crippen molar-refractivity contribution < 1.29 is 14.3 Å². The molecule has 2 unspecified atom stereocenters. The highest BCUT2D eigenvalue weighted by Crippen LogP contribution is 2.43. The molecule has 1 aromatic rings. The number of methoxy groups -OCH3 is 1. The molecule has 0 radical (unpaired) electrons. The molecule has 3 rings (SSSR count). The van der Waals surface area contributed by atoms with Gasteiger partial charge < -0.3 is 15.2 Å². The number of fused-ring (bicyclic) bond motifs is 1. The number of amides is 1. The smallest absolute Gasteiger partial charge is 0.270 e. The standard InChI is InChI=1S/C17H24N2O3/c1-10(2)16-17(20)19(9-21-3)13-8-12(6-7-14(13)22-16)15(18)11-4-5-11/h6-8,10-11,15-16H,4-5,9,18H2,1-3H3. The number of carbonyl (C=O) groups excluding carboxylic acids is 1. The van der Waals surface area contributed by atoms with E-state index >= 15 is 0 Å². The molecular formula is C17H24N2O3. The van der Waals surface area contributed by atoms with Crippen LogP contribution in [0.1, 0.15) is 38.3 Å². The number of ether oxygens (including phenoxy) is 2. The number of nitrogens with zero attached hydrogens (tertiary/aromatic N) is 1. The van der Waals surface area contributed by atoms with E-state index in [-0.39, 0.29) is 24.6 Å². The molecule has 1 aliphatic heterocycles. The molecule has 0 saturated heterocycles. The summed E-state index contributed by atoms with van der Waals surface area (Å²) < 4.78 is 11.1. The van der Waals surface area contributed by atoms with Gasteiger partial charge in [0.25, 0.3) is 5.91 Å². The summed E-state index contributed by atoms with van der Waals surface area (Å²) in [6.45, 7) is 4.19. The molecular weight excluding hydrogens is 280 g/mol. The third kappa shape index (κ3) is 2.71. The lowest BCUT2D eigenvalue weighted by Crippen LogP contribution is -2.49. The van der Waals surface area contributed by atoms with Crippen molar-refractivity contribution in [1.29, 1.82) is 0 Å². The highest BCUT2D eigenvalue weighted by Gasteiger charge is 2.37. The Balaban J connectivity index is 1.96. The first-order chi connectivity index (χ1) is 10.5. The summed E-state index contributed by atoms with van der Waals surface area (Å²) in [6, 6.07) is 5.95. The molecule has 120 valence electrons. The van der Waals surface area contributed by atoms with E-state index in [4.69, 9.17) is 15.2 Å². The molecule has 1 aromatic carbocycles. The largest absolute Gasteiger partial charge is 0.478 e. The van der Waals surface area contributed by atoms with Crippen LogP contribution in [0.3, 0.4) is 0 Å². The lowest BCUT2D eigenvalue weighted by molar-refractivity contribution is -0.129. The first-order valence-corrected chi connectivity index (χ1v) is 7.89. The van der Waals surface area contributed by atoms with E-state index in [1.54, 1.807) is 12.0 Å². The van der Waals surface area contributed by atoms with Gasteiger partial charge in [-0.2, -0.15) is 0 Å². The monoisotopic (exact) mass is 304 g/mol. The first kappa shape index (κ1) is 15.3. The van der Waals surface area contributed by atoms with Crippen molar-refractivity contribution >= 4 is 11.6 Å². The van der Waals surface area contributed by atoms with E-state index in [2.05, 4.69) is 0 Å². The Bertz CT molecular complexity index is 569. The van der Waals surface area contributed by atoms with Gasteiger partial charge in [-0.1, -0.05) is 19.9 Å². The van der Waals surface area contributed by atoms with Crippen LogP contribution in [-0.2, 0) is 9.53 Å². The van der Waals surface area contributed by atoms with Crippen molar-refractivity contribution in [1.82, 2.24) is 0 Å². The molecule has 5 heteroatoms. The van der Waals surface area contributed by atoms with Gasteiger partial charge in [-0.05, 0) is 42.4 Å². The van der Waals surface area contributed by atoms with Gasteiger partial charge in [-0.15, -0.1) is 0 Å². The minimum atomic E-state index is -0.467. The van der Waals surface area contributed by atoms with Crippen LogP contribution in [0.5, 0.6) is 5.75 Å². The Morgan fingerprint density at radius 1 is 1.41 bits per heavy atom. The zero-order valence-corrected chi connectivity index (χ0v) is 13.4. The molecule has 1 saturated carbocycles. The summed E-state index contributed by atoms with van der Waals surface area (Å²) in [5.74, 6) is 1.34. The van der Waals surface area contributed by atoms with E-state index in [1.165, 1.54) is 12.8 Å². The predicted molar refractivity (Wildman–Crippen MR) is 84.7 cm³/mol. The fraction of sp³-hybridized carbons (Fsp3) is 0.588. The normalized spacial score (nSPS) is 22.5. The van der Waals surface area contributed by atoms with Crippen LogP contribution in [0.4, 0.5) is 5.69 Å². The molecule has 1 fully saturated rings. The highest BCUT2D eigenvalue weighted by atomic mass is 16.5. The highest BCUT2D eigenvalue weighted by molar-refractivity contribution is 6.00. The average Bonchev–Trinajstić information content (AvgIpc) is 3.33. The predicted octanol–water partition coefficient (Wildman–Crippen LogP) is 2.45. The van der Waals surface area contributed by atoms with Gasteiger partial charge in [0.05, 0.1) is 5.69 Å². The number of rotatable bonds is 5. The molecule has 0 spiro atoms. The van der Waals surface area contributed by atoms with E-state index in [0.29, 0.717) is 5.92 Å². The third-order valence-electron chi connectivity index (χ3n) is 4.42. The number of nitrogens with two attached hydrogens (primary N) is 1. The van der Waals surface area contributed by atoms with Crippen LogP contribution < -0.4 is 15.4 Å². The minimum absolute atomic E-state index is 0.0348. The molecule has 2 N–H and O–H groups in total. The van der Waals surface area contributed by atoms with E-state index in [9.17, 15) is 4.79 Å². The zero-order chi connectivity index (χ0) is 15.9. The van der Waals surface area contributed by atoms with Crippen LogP contribution >= 0.6 is 0 Å². The number of hydrogen-bond donors (Lipinski definition) is 1. The lowest BCUT2D eigenvalue weighted by Gasteiger charge is -2.36. The Kier molecular flexibility index (Phi) is 4.10. The van der Waals surface area contributed by atoms with Crippen LogP contribution in [-0.4, -0.2) is 25.9 Å².